The van der Waals surface area contributed by atoms with Gasteiger partial charge in [0.05, 0.1) is 13.2 Å². The van der Waals surface area contributed by atoms with Crippen molar-refractivity contribution in [3.8, 4) is 0 Å². The number of carbonyl (C=O) groups is 1. The molecule has 0 radical (unpaired) electrons. The van der Waals surface area contributed by atoms with Crippen molar-refractivity contribution in [2.75, 3.05) is 44.7 Å². The number of carboxylic acid groups (broad SMARTS) is 1. The van der Waals surface area contributed by atoms with Crippen LogP contribution in [-0.2, 0) is 4.74 Å². The Morgan fingerprint density at radius 2 is 2.26 bits per heavy atom. The summed E-state index contributed by atoms with van der Waals surface area (Å²) in [4.78, 5) is 18.1. The minimum Gasteiger partial charge on any atom is -0.476 e. The lowest BCUT2D eigenvalue weighted by Crippen LogP contribution is -2.37. The van der Waals surface area contributed by atoms with Crippen molar-refractivity contribution in [1.29, 1.82) is 0 Å². The van der Waals surface area contributed by atoms with E-state index in [-0.39, 0.29) is 5.69 Å². The molecule has 1 aliphatic rings. The van der Waals surface area contributed by atoms with Crippen molar-refractivity contribution < 1.29 is 14.6 Å². The normalized spacial score (nSPS) is 16.5. The van der Waals surface area contributed by atoms with Crippen LogP contribution in [0.5, 0.6) is 0 Å². The van der Waals surface area contributed by atoms with Crippen molar-refractivity contribution >= 4 is 22.4 Å². The van der Waals surface area contributed by atoms with Gasteiger partial charge in [-0.3, -0.25) is 4.90 Å². The SMILES string of the molecule is Cc1sc(NCCCN2CCOCC2)nc1C(=O)O. The summed E-state index contributed by atoms with van der Waals surface area (Å²) in [5.74, 6) is -0.963. The molecule has 0 atom stereocenters. The fraction of sp³-hybridized carbons (Fsp3) is 0.667. The maximum Gasteiger partial charge on any atom is 0.355 e. The number of aromatic nitrogens is 1. The number of aromatic carboxylic acids is 1. The van der Waals surface area contributed by atoms with Gasteiger partial charge in [0.15, 0.2) is 10.8 Å². The molecular formula is C12H19N3O3S. The molecule has 0 aliphatic carbocycles. The number of ether oxygens (including phenoxy) is 1. The quantitative estimate of drug-likeness (QED) is 0.767. The second kappa shape index (κ2) is 6.83. The van der Waals surface area contributed by atoms with E-state index in [2.05, 4.69) is 15.2 Å². The van der Waals surface area contributed by atoms with Crippen LogP contribution >= 0.6 is 11.3 Å². The number of rotatable bonds is 6. The summed E-state index contributed by atoms with van der Waals surface area (Å²) < 4.78 is 5.29. The molecule has 0 saturated carbocycles. The molecule has 7 heteroatoms. The molecule has 2 heterocycles. The molecule has 0 unspecified atom stereocenters. The van der Waals surface area contributed by atoms with Crippen LogP contribution in [0.15, 0.2) is 0 Å². The number of aryl methyl sites for hydroxylation is 1. The zero-order valence-corrected chi connectivity index (χ0v) is 11.8. The number of thiazole rings is 1. The minimum atomic E-state index is -0.963. The summed E-state index contributed by atoms with van der Waals surface area (Å²) in [5, 5.41) is 12.8. The molecule has 19 heavy (non-hydrogen) atoms. The molecule has 1 aromatic heterocycles. The predicted octanol–water partition coefficient (Wildman–Crippen LogP) is 1.28. The van der Waals surface area contributed by atoms with E-state index in [4.69, 9.17) is 9.84 Å². The first-order chi connectivity index (χ1) is 9.16. The molecular weight excluding hydrogens is 266 g/mol. The Morgan fingerprint density at radius 1 is 1.53 bits per heavy atom. The minimum absolute atomic E-state index is 0.153. The first-order valence-corrected chi connectivity index (χ1v) is 7.23. The topological polar surface area (TPSA) is 74.7 Å². The van der Waals surface area contributed by atoms with Crippen LogP contribution in [0.3, 0.4) is 0 Å². The Hall–Kier alpha value is -1.18. The van der Waals surface area contributed by atoms with Crippen molar-refractivity contribution in [3.63, 3.8) is 0 Å². The third-order valence-electron chi connectivity index (χ3n) is 3.03. The molecule has 0 bridgehead atoms. The fourth-order valence-corrected chi connectivity index (χ4v) is 2.82. The lowest BCUT2D eigenvalue weighted by atomic mass is 10.3. The first-order valence-electron chi connectivity index (χ1n) is 6.41. The summed E-state index contributed by atoms with van der Waals surface area (Å²) in [6, 6.07) is 0. The molecule has 2 N–H and O–H groups in total. The van der Waals surface area contributed by atoms with Crippen molar-refractivity contribution in [3.05, 3.63) is 10.6 Å². The monoisotopic (exact) mass is 285 g/mol. The molecule has 1 saturated heterocycles. The van der Waals surface area contributed by atoms with Crippen LogP contribution in [0.4, 0.5) is 5.13 Å². The number of hydrogen-bond donors (Lipinski definition) is 2. The van der Waals surface area contributed by atoms with Crippen molar-refractivity contribution in [2.45, 2.75) is 13.3 Å². The van der Waals surface area contributed by atoms with E-state index < -0.39 is 5.97 Å². The number of nitrogens with one attached hydrogen (secondary N) is 1. The summed E-state index contributed by atoms with van der Waals surface area (Å²) in [7, 11) is 0. The Morgan fingerprint density at radius 3 is 2.89 bits per heavy atom. The standard InChI is InChI=1S/C12H19N3O3S/c1-9-10(11(16)17)14-12(19-9)13-3-2-4-15-5-7-18-8-6-15/h2-8H2,1H3,(H,13,14)(H,16,17). The van der Waals surface area contributed by atoms with Crippen LogP contribution < -0.4 is 5.32 Å². The molecule has 106 valence electrons. The smallest absolute Gasteiger partial charge is 0.355 e. The van der Waals surface area contributed by atoms with Crippen LogP contribution in [-0.4, -0.2) is 60.4 Å². The second-order valence-corrected chi connectivity index (χ2v) is 5.67. The zero-order chi connectivity index (χ0) is 13.7. The van der Waals surface area contributed by atoms with Gasteiger partial charge in [0.2, 0.25) is 0 Å². The van der Waals surface area contributed by atoms with E-state index >= 15 is 0 Å². The Bertz CT molecular complexity index is 430. The highest BCUT2D eigenvalue weighted by Gasteiger charge is 2.14. The molecule has 6 nitrogen and oxygen atoms in total. The van der Waals surface area contributed by atoms with Crippen LogP contribution in [0.1, 0.15) is 21.8 Å². The van der Waals surface area contributed by atoms with E-state index in [0.717, 1.165) is 50.7 Å². The highest BCUT2D eigenvalue weighted by Crippen LogP contribution is 2.21. The molecule has 0 amide bonds. The number of hydrogen-bond acceptors (Lipinski definition) is 6. The van der Waals surface area contributed by atoms with Gasteiger partial charge in [-0.2, -0.15) is 0 Å². The number of carboxylic acids is 1. The van der Waals surface area contributed by atoms with Gasteiger partial charge in [0.1, 0.15) is 0 Å². The average molecular weight is 285 g/mol. The number of nitrogens with zero attached hydrogens (tertiary/aromatic N) is 2. The fourth-order valence-electron chi connectivity index (χ4n) is 1.99. The highest BCUT2D eigenvalue weighted by atomic mass is 32.1. The Labute approximate surface area is 116 Å². The molecule has 1 aromatic rings. The van der Waals surface area contributed by atoms with E-state index in [1.165, 1.54) is 11.3 Å². The first kappa shape index (κ1) is 14.2. The maximum absolute atomic E-state index is 10.9. The van der Waals surface area contributed by atoms with Gasteiger partial charge in [-0.25, -0.2) is 9.78 Å². The molecule has 0 spiro atoms. The predicted molar refractivity (Wildman–Crippen MR) is 74.2 cm³/mol. The maximum atomic E-state index is 10.9. The average Bonchev–Trinajstić information content (AvgIpc) is 2.77. The van der Waals surface area contributed by atoms with Crippen LogP contribution in [0.2, 0.25) is 0 Å². The van der Waals surface area contributed by atoms with E-state index in [1.54, 1.807) is 6.92 Å². The molecule has 1 aliphatic heterocycles. The Kier molecular flexibility index (Phi) is 5.12. The number of morpholine rings is 1. The lowest BCUT2D eigenvalue weighted by Gasteiger charge is -2.26. The van der Waals surface area contributed by atoms with E-state index in [1.807, 2.05) is 0 Å². The zero-order valence-electron chi connectivity index (χ0n) is 11.0. The molecule has 0 aromatic carbocycles. The van der Waals surface area contributed by atoms with Gasteiger partial charge >= 0.3 is 5.97 Å². The van der Waals surface area contributed by atoms with Crippen molar-refractivity contribution in [1.82, 2.24) is 9.88 Å². The molecule has 2 rings (SSSR count). The Balaban J connectivity index is 1.70. The summed E-state index contributed by atoms with van der Waals surface area (Å²) in [6.07, 6.45) is 1.01. The summed E-state index contributed by atoms with van der Waals surface area (Å²) in [5.41, 5.74) is 0.153. The third-order valence-corrected chi connectivity index (χ3v) is 3.96. The van der Waals surface area contributed by atoms with Crippen molar-refractivity contribution in [2.24, 2.45) is 0 Å². The van der Waals surface area contributed by atoms with Gasteiger partial charge in [0.25, 0.3) is 0 Å². The van der Waals surface area contributed by atoms with Crippen LogP contribution in [0.25, 0.3) is 0 Å². The highest BCUT2D eigenvalue weighted by molar-refractivity contribution is 7.15. The lowest BCUT2D eigenvalue weighted by molar-refractivity contribution is 0.0378. The van der Waals surface area contributed by atoms with Gasteiger partial charge in [-0.15, -0.1) is 11.3 Å². The van der Waals surface area contributed by atoms with Gasteiger partial charge in [-0.1, -0.05) is 0 Å². The molecule has 1 fully saturated rings. The summed E-state index contributed by atoms with van der Waals surface area (Å²) in [6.45, 7) is 7.26. The van der Waals surface area contributed by atoms with Gasteiger partial charge in [0, 0.05) is 24.5 Å². The van der Waals surface area contributed by atoms with Crippen LogP contribution in [0, 0.1) is 6.92 Å². The third kappa shape index (κ3) is 4.15. The van der Waals surface area contributed by atoms with Gasteiger partial charge < -0.3 is 15.2 Å². The summed E-state index contributed by atoms with van der Waals surface area (Å²) >= 11 is 1.39. The number of anilines is 1. The van der Waals surface area contributed by atoms with E-state index in [0.29, 0.717) is 5.13 Å². The second-order valence-electron chi connectivity index (χ2n) is 4.46. The van der Waals surface area contributed by atoms with E-state index in [9.17, 15) is 4.79 Å². The van der Waals surface area contributed by atoms with Gasteiger partial charge in [-0.05, 0) is 19.9 Å². The largest absolute Gasteiger partial charge is 0.476 e.